The highest BCUT2D eigenvalue weighted by atomic mass is 14.2. The van der Waals surface area contributed by atoms with Crippen molar-refractivity contribution in [1.82, 2.24) is 0 Å². The van der Waals surface area contributed by atoms with Crippen molar-refractivity contribution >= 4 is 0 Å². The number of rotatable bonds is 0. The van der Waals surface area contributed by atoms with E-state index in [1.54, 1.807) is 0 Å². The molecule has 0 fully saturated rings. The van der Waals surface area contributed by atoms with Gasteiger partial charge in [0, 0.05) is 0 Å². The van der Waals surface area contributed by atoms with Crippen molar-refractivity contribution in [2.24, 2.45) is 0 Å². The van der Waals surface area contributed by atoms with E-state index in [2.05, 4.69) is 23.7 Å². The second-order valence-electron chi connectivity index (χ2n) is 2.08. The van der Waals surface area contributed by atoms with Crippen molar-refractivity contribution < 1.29 is 0 Å². The van der Waals surface area contributed by atoms with Crippen LogP contribution in [0.4, 0.5) is 0 Å². The highest BCUT2D eigenvalue weighted by Crippen LogP contribution is 2.33. The average Bonchev–Trinajstić information content (AvgIpc) is 2.05. The third-order valence-corrected chi connectivity index (χ3v) is 1.58. The Morgan fingerprint density at radius 2 is 0.667 bits per heavy atom. The van der Waals surface area contributed by atoms with Crippen LogP contribution in [0.5, 0.6) is 0 Å². The highest BCUT2D eigenvalue weighted by molar-refractivity contribution is 5.80. The first-order chi connectivity index (χ1) is 5.79. The molecule has 0 aromatic heterocycles. The van der Waals surface area contributed by atoms with Gasteiger partial charge in [0.2, 0.25) is 0 Å². The van der Waals surface area contributed by atoms with Crippen LogP contribution in [0.1, 0.15) is 0 Å². The number of hydrogen-bond acceptors (Lipinski definition) is 0. The molecule has 0 saturated carbocycles. The van der Waals surface area contributed by atoms with Crippen LogP contribution in [0.15, 0.2) is 22.3 Å². The fraction of sp³-hybridized carbons (Fsp3) is 0. The molecule has 0 amide bonds. The van der Waals surface area contributed by atoms with Crippen LogP contribution in [0, 0.1) is 49.4 Å². The van der Waals surface area contributed by atoms with E-state index in [1.807, 2.05) is 0 Å². The molecule has 0 bridgehead atoms. The molecule has 0 heteroatoms. The standard InChI is InChI=1S/C12H4/c1-5-9-10(6-2)12(8-4)11(9)7-3/h1-4H. The molecule has 0 aromatic carbocycles. The van der Waals surface area contributed by atoms with Gasteiger partial charge in [-0.2, -0.15) is 0 Å². The summed E-state index contributed by atoms with van der Waals surface area (Å²) in [4.78, 5) is 0. The van der Waals surface area contributed by atoms with Crippen molar-refractivity contribution in [3.05, 3.63) is 22.3 Å². The van der Waals surface area contributed by atoms with Crippen molar-refractivity contribution in [3.63, 3.8) is 0 Å². The summed E-state index contributed by atoms with van der Waals surface area (Å²) in [5, 5.41) is 0. The van der Waals surface area contributed by atoms with Gasteiger partial charge in [-0.15, -0.1) is 25.7 Å². The SMILES string of the molecule is C#CC1=C(C#C)C(C#C)=C1C#C. The zero-order chi connectivity index (χ0) is 9.14. The smallest absolute Gasteiger partial charge is 0.0581 e. The molecule has 0 unspecified atom stereocenters. The maximum absolute atomic E-state index is 5.18. The molecule has 0 N–H and O–H groups in total. The molecule has 0 saturated heterocycles. The topological polar surface area (TPSA) is 0 Å². The lowest BCUT2D eigenvalue weighted by atomic mass is 9.82. The minimum Gasteiger partial charge on any atom is -0.115 e. The molecule has 0 atom stereocenters. The monoisotopic (exact) mass is 148 g/mol. The predicted molar refractivity (Wildman–Crippen MR) is 49.4 cm³/mol. The quantitative estimate of drug-likeness (QED) is 0.452. The summed E-state index contributed by atoms with van der Waals surface area (Å²) in [6.45, 7) is 0. The average molecular weight is 148 g/mol. The Morgan fingerprint density at radius 3 is 0.750 bits per heavy atom. The summed E-state index contributed by atoms with van der Waals surface area (Å²) in [6, 6.07) is 0. The van der Waals surface area contributed by atoms with E-state index in [0.29, 0.717) is 22.3 Å². The number of allylic oxidation sites excluding steroid dienone is 4. The Bertz CT molecular complexity index is 353. The zero-order valence-corrected chi connectivity index (χ0v) is 6.31. The largest absolute Gasteiger partial charge is 0.115 e. The summed E-state index contributed by atoms with van der Waals surface area (Å²) in [6.07, 6.45) is 20.7. The van der Waals surface area contributed by atoms with Gasteiger partial charge in [-0.1, -0.05) is 23.7 Å². The van der Waals surface area contributed by atoms with Crippen LogP contribution in [-0.4, -0.2) is 0 Å². The normalized spacial score (nSPS) is 13.7. The van der Waals surface area contributed by atoms with Crippen molar-refractivity contribution in [2.75, 3.05) is 0 Å². The van der Waals surface area contributed by atoms with E-state index >= 15 is 0 Å². The second-order valence-corrected chi connectivity index (χ2v) is 2.08. The van der Waals surface area contributed by atoms with Gasteiger partial charge in [0.05, 0.1) is 22.3 Å². The first-order valence-electron chi connectivity index (χ1n) is 3.15. The molecule has 0 aromatic rings. The van der Waals surface area contributed by atoms with Crippen molar-refractivity contribution in [2.45, 2.75) is 0 Å². The maximum Gasteiger partial charge on any atom is 0.0581 e. The Hall–Kier alpha value is -2.28. The molecule has 52 valence electrons. The highest BCUT2D eigenvalue weighted by Gasteiger charge is 2.23. The predicted octanol–water partition coefficient (Wildman–Crippen LogP) is 1.13. The van der Waals surface area contributed by atoms with Gasteiger partial charge >= 0.3 is 0 Å². The third-order valence-electron chi connectivity index (χ3n) is 1.58. The summed E-state index contributed by atoms with van der Waals surface area (Å²) in [5.41, 5.74) is 2.31. The van der Waals surface area contributed by atoms with E-state index < -0.39 is 0 Å². The molecule has 12 heavy (non-hydrogen) atoms. The lowest BCUT2D eigenvalue weighted by Crippen LogP contribution is -2.07. The van der Waals surface area contributed by atoms with Gasteiger partial charge in [-0.25, -0.2) is 0 Å². The van der Waals surface area contributed by atoms with Crippen molar-refractivity contribution in [3.8, 4) is 49.4 Å². The molecule has 0 aliphatic heterocycles. The lowest BCUT2D eigenvalue weighted by Gasteiger charge is -2.16. The molecule has 0 spiro atoms. The summed E-state index contributed by atoms with van der Waals surface area (Å²) in [5.74, 6) is 9.64. The fourth-order valence-electron chi connectivity index (χ4n) is 1.01. The number of hydrogen-bond donors (Lipinski definition) is 0. The van der Waals surface area contributed by atoms with Gasteiger partial charge in [-0.3, -0.25) is 0 Å². The second kappa shape index (κ2) is 2.76. The first kappa shape index (κ1) is 7.82. The van der Waals surface area contributed by atoms with Gasteiger partial charge in [0.25, 0.3) is 0 Å². The summed E-state index contributed by atoms with van der Waals surface area (Å²) in [7, 11) is 0. The van der Waals surface area contributed by atoms with Gasteiger partial charge < -0.3 is 0 Å². The van der Waals surface area contributed by atoms with Crippen LogP contribution in [0.3, 0.4) is 0 Å². The third kappa shape index (κ3) is 0.739. The maximum atomic E-state index is 5.18. The first-order valence-corrected chi connectivity index (χ1v) is 3.15. The van der Waals surface area contributed by atoms with E-state index in [1.165, 1.54) is 0 Å². The van der Waals surface area contributed by atoms with E-state index in [4.69, 9.17) is 25.7 Å². The van der Waals surface area contributed by atoms with Gasteiger partial charge in [0.15, 0.2) is 0 Å². The Labute approximate surface area is 72.4 Å². The number of terminal acetylenes is 4. The fourth-order valence-corrected chi connectivity index (χ4v) is 1.01. The van der Waals surface area contributed by atoms with E-state index in [0.717, 1.165) is 0 Å². The van der Waals surface area contributed by atoms with Crippen LogP contribution in [0.2, 0.25) is 0 Å². The zero-order valence-electron chi connectivity index (χ0n) is 6.31. The molecular formula is C12H4. The molecule has 1 rings (SSSR count). The Morgan fingerprint density at radius 1 is 0.500 bits per heavy atom. The van der Waals surface area contributed by atoms with Crippen LogP contribution >= 0.6 is 0 Å². The minimum absolute atomic E-state index is 0.577. The van der Waals surface area contributed by atoms with E-state index in [9.17, 15) is 0 Å². The molecule has 1 aliphatic carbocycles. The van der Waals surface area contributed by atoms with E-state index in [-0.39, 0.29) is 0 Å². The Kier molecular flexibility index (Phi) is 1.80. The van der Waals surface area contributed by atoms with Crippen LogP contribution in [0.25, 0.3) is 0 Å². The molecule has 0 nitrogen and oxygen atoms in total. The molecule has 0 radical (unpaired) electrons. The lowest BCUT2D eigenvalue weighted by molar-refractivity contribution is 1.39. The van der Waals surface area contributed by atoms with Gasteiger partial charge in [0.1, 0.15) is 0 Å². The van der Waals surface area contributed by atoms with Gasteiger partial charge in [-0.05, 0) is 0 Å². The Balaban J connectivity index is 3.26. The van der Waals surface area contributed by atoms with Crippen LogP contribution in [-0.2, 0) is 0 Å². The van der Waals surface area contributed by atoms with Crippen LogP contribution < -0.4 is 0 Å². The summed E-state index contributed by atoms with van der Waals surface area (Å²) < 4.78 is 0. The molecule has 1 aliphatic rings. The molecular weight excluding hydrogens is 144 g/mol. The molecule has 0 heterocycles. The van der Waals surface area contributed by atoms with Crippen molar-refractivity contribution in [1.29, 1.82) is 0 Å². The summed E-state index contributed by atoms with van der Waals surface area (Å²) >= 11 is 0. The minimum atomic E-state index is 0.577.